The van der Waals surface area contributed by atoms with Crippen LogP contribution in [0.4, 0.5) is 32.0 Å². The number of anilines is 1. The molecule has 2 N–H and O–H groups in total. The van der Waals surface area contributed by atoms with Gasteiger partial charge in [0, 0.05) is 23.7 Å². The Morgan fingerprint density at radius 1 is 1.00 bits per heavy atom. The average molecular weight is 511 g/mol. The monoisotopic (exact) mass is 511 g/mol. The molecular weight excluding hydrogens is 488 g/mol. The topological polar surface area (TPSA) is 66.4 Å². The van der Waals surface area contributed by atoms with Crippen molar-refractivity contribution in [2.75, 3.05) is 5.32 Å². The summed E-state index contributed by atoms with van der Waals surface area (Å²) in [6, 6.07) is 6.43. The molecule has 4 nitrogen and oxygen atoms in total. The standard InChI is InChI=1S/C26H23F6NO3/c27-25(28,29)20-6-1-3-14-8-10-19(24(36)23(14)20)22(35)11-15-7-9-17(13-21(15)26(30,31)32)33-16-4-2-5-18(34)12-16/h1,3,6-7,9-10,13,16,18,33-34H,2,4-5,8,11-12H2/t16?,18-/m0/s1. The Bertz CT molecular complexity index is 1220. The molecule has 2 aliphatic rings. The molecule has 2 aromatic carbocycles. The summed E-state index contributed by atoms with van der Waals surface area (Å²) in [5.41, 5.74) is -3.54. The van der Waals surface area contributed by atoms with Gasteiger partial charge in [-0.3, -0.25) is 9.59 Å². The fourth-order valence-electron chi connectivity index (χ4n) is 4.84. The third kappa shape index (κ3) is 5.48. The van der Waals surface area contributed by atoms with Crippen LogP contribution in [0.25, 0.3) is 0 Å². The van der Waals surface area contributed by atoms with E-state index in [1.165, 1.54) is 18.2 Å². The van der Waals surface area contributed by atoms with Gasteiger partial charge >= 0.3 is 12.4 Å². The van der Waals surface area contributed by atoms with Crippen LogP contribution >= 0.6 is 0 Å². The van der Waals surface area contributed by atoms with Gasteiger partial charge in [0.15, 0.2) is 11.6 Å². The lowest BCUT2D eigenvalue weighted by molar-refractivity contribution is -0.139. The van der Waals surface area contributed by atoms with Gasteiger partial charge in [-0.1, -0.05) is 24.3 Å². The van der Waals surface area contributed by atoms with Crippen molar-refractivity contribution in [2.45, 2.75) is 63.0 Å². The van der Waals surface area contributed by atoms with E-state index in [-0.39, 0.29) is 29.3 Å². The zero-order valence-corrected chi connectivity index (χ0v) is 19.0. The Morgan fingerprint density at radius 3 is 2.39 bits per heavy atom. The van der Waals surface area contributed by atoms with Gasteiger partial charge in [-0.15, -0.1) is 0 Å². The number of hydrogen-bond acceptors (Lipinski definition) is 4. The van der Waals surface area contributed by atoms with E-state index < -0.39 is 58.7 Å². The normalized spacial score (nSPS) is 20.5. The van der Waals surface area contributed by atoms with E-state index in [0.717, 1.165) is 30.7 Å². The smallest absolute Gasteiger partial charge is 0.393 e. The number of aliphatic hydroxyl groups is 1. The number of benzene rings is 2. The molecule has 0 aliphatic heterocycles. The highest BCUT2D eigenvalue weighted by molar-refractivity contribution is 6.28. The Morgan fingerprint density at radius 2 is 1.72 bits per heavy atom. The fourth-order valence-corrected chi connectivity index (χ4v) is 4.84. The van der Waals surface area contributed by atoms with Crippen LogP contribution in [0.5, 0.6) is 0 Å². The molecule has 1 saturated carbocycles. The number of allylic oxidation sites excluding steroid dienone is 2. The maximum atomic E-state index is 13.8. The second-order valence-corrected chi connectivity index (χ2v) is 9.12. The molecule has 0 heterocycles. The summed E-state index contributed by atoms with van der Waals surface area (Å²) in [6.07, 6.45) is -7.43. The van der Waals surface area contributed by atoms with E-state index in [9.17, 15) is 41.0 Å². The number of nitrogens with one attached hydrogen (secondary N) is 1. The molecule has 192 valence electrons. The molecule has 2 aromatic rings. The third-order valence-electron chi connectivity index (χ3n) is 6.54. The first-order valence-corrected chi connectivity index (χ1v) is 11.5. The first-order valence-electron chi connectivity index (χ1n) is 11.5. The minimum Gasteiger partial charge on any atom is -0.393 e. The molecule has 0 radical (unpaired) electrons. The van der Waals surface area contributed by atoms with E-state index in [0.29, 0.717) is 19.3 Å². The average Bonchev–Trinajstić information content (AvgIpc) is 2.78. The molecular formula is C26H23F6NO3. The Kier molecular flexibility index (Phi) is 7.01. The highest BCUT2D eigenvalue weighted by Gasteiger charge is 2.39. The number of hydrogen-bond donors (Lipinski definition) is 2. The number of Topliss-reactive ketones (excluding diaryl/α,β-unsaturated/α-hetero) is 2. The van der Waals surface area contributed by atoms with Crippen molar-refractivity contribution in [3.63, 3.8) is 0 Å². The number of carbonyl (C=O) groups excluding carboxylic acids is 2. The number of aliphatic hydroxyl groups excluding tert-OH is 1. The van der Waals surface area contributed by atoms with Gasteiger partial charge in [0.1, 0.15) is 0 Å². The first kappa shape index (κ1) is 25.9. The van der Waals surface area contributed by atoms with Crippen LogP contribution in [0.2, 0.25) is 0 Å². The molecule has 10 heteroatoms. The summed E-state index contributed by atoms with van der Waals surface area (Å²) < 4.78 is 81.8. The summed E-state index contributed by atoms with van der Waals surface area (Å²) in [4.78, 5) is 25.7. The molecule has 0 spiro atoms. The SMILES string of the molecule is O=C(Cc1ccc(NC2CCC[C@H](O)C2)cc1C(F)(F)F)C1=CCc2cccc(C(F)(F)F)c2C1=O. The summed E-state index contributed by atoms with van der Waals surface area (Å²) >= 11 is 0. The Labute approximate surface area is 203 Å². The van der Waals surface area contributed by atoms with Crippen molar-refractivity contribution in [2.24, 2.45) is 0 Å². The molecule has 4 rings (SSSR count). The second-order valence-electron chi connectivity index (χ2n) is 9.12. The molecule has 2 aliphatic carbocycles. The highest BCUT2D eigenvalue weighted by atomic mass is 19.4. The van der Waals surface area contributed by atoms with Gasteiger partial charge in [0.2, 0.25) is 0 Å². The fraction of sp³-hybridized carbons (Fsp3) is 0.385. The number of halogens is 6. The van der Waals surface area contributed by atoms with E-state index in [1.54, 1.807) is 0 Å². The highest BCUT2D eigenvalue weighted by Crippen LogP contribution is 2.38. The summed E-state index contributed by atoms with van der Waals surface area (Å²) in [5.74, 6) is -2.12. The molecule has 2 atom stereocenters. The van der Waals surface area contributed by atoms with Crippen LogP contribution in [-0.4, -0.2) is 28.8 Å². The van der Waals surface area contributed by atoms with Crippen molar-refractivity contribution in [1.82, 2.24) is 0 Å². The number of ketones is 2. The van der Waals surface area contributed by atoms with E-state index >= 15 is 0 Å². The van der Waals surface area contributed by atoms with Crippen molar-refractivity contribution in [1.29, 1.82) is 0 Å². The second kappa shape index (κ2) is 9.72. The van der Waals surface area contributed by atoms with Crippen molar-refractivity contribution >= 4 is 17.3 Å². The molecule has 0 bridgehead atoms. The molecule has 0 saturated heterocycles. The van der Waals surface area contributed by atoms with Crippen LogP contribution in [-0.2, 0) is 30.0 Å². The van der Waals surface area contributed by atoms with Gasteiger partial charge in [0.05, 0.1) is 22.8 Å². The number of fused-ring (bicyclic) bond motifs is 1. The maximum absolute atomic E-state index is 13.8. The van der Waals surface area contributed by atoms with Gasteiger partial charge < -0.3 is 10.4 Å². The van der Waals surface area contributed by atoms with E-state index in [1.807, 2.05) is 0 Å². The summed E-state index contributed by atoms with van der Waals surface area (Å²) in [7, 11) is 0. The zero-order chi connectivity index (χ0) is 26.3. The van der Waals surface area contributed by atoms with Crippen LogP contribution < -0.4 is 5.32 Å². The van der Waals surface area contributed by atoms with E-state index in [2.05, 4.69) is 5.32 Å². The Hall–Kier alpha value is -3.14. The van der Waals surface area contributed by atoms with Crippen LogP contribution in [0.15, 0.2) is 48.0 Å². The maximum Gasteiger partial charge on any atom is 0.417 e. The zero-order valence-electron chi connectivity index (χ0n) is 19.0. The molecule has 1 fully saturated rings. The first-order chi connectivity index (χ1) is 16.8. The summed E-state index contributed by atoms with van der Waals surface area (Å²) in [5, 5.41) is 12.8. The molecule has 0 aromatic heterocycles. The minimum absolute atomic E-state index is 0.102. The van der Waals surface area contributed by atoms with Gasteiger partial charge in [0.25, 0.3) is 0 Å². The van der Waals surface area contributed by atoms with Crippen LogP contribution in [0, 0.1) is 0 Å². The number of alkyl halides is 6. The minimum atomic E-state index is -4.83. The molecule has 1 unspecified atom stereocenters. The Balaban J connectivity index is 1.58. The van der Waals surface area contributed by atoms with Crippen molar-refractivity contribution in [3.8, 4) is 0 Å². The van der Waals surface area contributed by atoms with E-state index in [4.69, 9.17) is 0 Å². The lowest BCUT2D eigenvalue weighted by Gasteiger charge is -2.28. The third-order valence-corrected chi connectivity index (χ3v) is 6.54. The predicted octanol–water partition coefficient (Wildman–Crippen LogP) is 5.92. The van der Waals surface area contributed by atoms with Crippen LogP contribution in [0.3, 0.4) is 0 Å². The lowest BCUT2D eigenvalue weighted by atomic mass is 9.84. The molecule has 36 heavy (non-hydrogen) atoms. The predicted molar refractivity (Wildman–Crippen MR) is 120 cm³/mol. The summed E-state index contributed by atoms with van der Waals surface area (Å²) in [6.45, 7) is 0. The van der Waals surface area contributed by atoms with Gasteiger partial charge in [-0.05, 0) is 61.4 Å². The van der Waals surface area contributed by atoms with Crippen molar-refractivity contribution in [3.05, 3.63) is 75.9 Å². The largest absolute Gasteiger partial charge is 0.417 e. The quantitative estimate of drug-likeness (QED) is 0.387. The number of rotatable bonds is 5. The van der Waals surface area contributed by atoms with Gasteiger partial charge in [-0.2, -0.15) is 26.3 Å². The van der Waals surface area contributed by atoms with Crippen LogP contribution in [0.1, 0.15) is 58.3 Å². The molecule has 0 amide bonds. The lowest BCUT2D eigenvalue weighted by Crippen LogP contribution is -2.30. The van der Waals surface area contributed by atoms with Crippen molar-refractivity contribution < 1.29 is 41.0 Å². The van der Waals surface area contributed by atoms with Gasteiger partial charge in [-0.25, -0.2) is 0 Å². The number of carbonyl (C=O) groups is 2.